The lowest BCUT2D eigenvalue weighted by atomic mass is 10.1. The van der Waals surface area contributed by atoms with Gasteiger partial charge in [-0.2, -0.15) is 0 Å². The third-order valence-corrected chi connectivity index (χ3v) is 5.47. The van der Waals surface area contributed by atoms with Gasteiger partial charge in [0, 0.05) is 18.5 Å². The van der Waals surface area contributed by atoms with Crippen LogP contribution in [0, 0.1) is 16.0 Å². The van der Waals surface area contributed by atoms with Gasteiger partial charge in [0.15, 0.2) is 16.4 Å². The standard InChI is InChI=1S/C16H24N2O6S/c1-11(2)5-6-12(3)17-25(21,22)16-10-15-14(9-13(16)18(19)20)23-7-4-8-24-15/h9-12,17H,4-8H2,1-3H3/t12-/m1/s1. The lowest BCUT2D eigenvalue weighted by molar-refractivity contribution is -0.387. The fourth-order valence-corrected chi connectivity index (χ4v) is 3.95. The summed E-state index contributed by atoms with van der Waals surface area (Å²) in [5.41, 5.74) is -0.521. The molecule has 0 aliphatic carbocycles. The second-order valence-corrected chi connectivity index (χ2v) is 8.25. The highest BCUT2D eigenvalue weighted by Gasteiger charge is 2.30. The van der Waals surface area contributed by atoms with Crippen molar-refractivity contribution in [1.29, 1.82) is 0 Å². The summed E-state index contributed by atoms with van der Waals surface area (Å²) in [5, 5.41) is 11.4. The Morgan fingerprint density at radius 1 is 1.16 bits per heavy atom. The number of benzene rings is 1. The molecule has 0 unspecified atom stereocenters. The van der Waals surface area contributed by atoms with Crippen LogP contribution in [0.5, 0.6) is 11.5 Å². The van der Waals surface area contributed by atoms with E-state index in [-0.39, 0.29) is 17.5 Å². The van der Waals surface area contributed by atoms with Crippen LogP contribution in [-0.2, 0) is 10.0 Å². The molecule has 0 amide bonds. The van der Waals surface area contributed by atoms with E-state index in [0.29, 0.717) is 32.0 Å². The fourth-order valence-electron chi connectivity index (χ4n) is 2.51. The van der Waals surface area contributed by atoms with Crippen molar-refractivity contribution in [2.75, 3.05) is 13.2 Å². The average Bonchev–Trinajstić information content (AvgIpc) is 2.75. The molecule has 1 aliphatic heterocycles. The Balaban J connectivity index is 2.35. The molecule has 0 radical (unpaired) electrons. The second kappa shape index (κ2) is 8.01. The highest BCUT2D eigenvalue weighted by Crippen LogP contribution is 2.38. The summed E-state index contributed by atoms with van der Waals surface area (Å²) in [7, 11) is -4.06. The number of nitro benzene ring substituents is 1. The van der Waals surface area contributed by atoms with Crippen molar-refractivity contribution in [2.45, 2.75) is 51.0 Å². The van der Waals surface area contributed by atoms with Crippen LogP contribution in [0.4, 0.5) is 5.69 Å². The van der Waals surface area contributed by atoms with Crippen molar-refractivity contribution in [2.24, 2.45) is 5.92 Å². The summed E-state index contributed by atoms with van der Waals surface area (Å²) < 4.78 is 38.7. The molecule has 2 rings (SSSR count). The average molecular weight is 372 g/mol. The van der Waals surface area contributed by atoms with E-state index in [4.69, 9.17) is 9.47 Å². The van der Waals surface area contributed by atoms with Gasteiger partial charge >= 0.3 is 0 Å². The molecule has 8 nitrogen and oxygen atoms in total. The number of ether oxygens (including phenoxy) is 2. The van der Waals surface area contributed by atoms with E-state index in [0.717, 1.165) is 12.5 Å². The molecule has 1 aromatic carbocycles. The maximum atomic E-state index is 12.7. The quantitative estimate of drug-likeness (QED) is 0.582. The minimum Gasteiger partial charge on any atom is -0.490 e. The number of hydrogen-bond donors (Lipinski definition) is 1. The molecule has 9 heteroatoms. The van der Waals surface area contributed by atoms with Crippen molar-refractivity contribution < 1.29 is 22.8 Å². The number of nitro groups is 1. The van der Waals surface area contributed by atoms with Crippen LogP contribution in [0.25, 0.3) is 0 Å². The molecule has 0 fully saturated rings. The van der Waals surface area contributed by atoms with Crippen LogP contribution in [0.2, 0.25) is 0 Å². The maximum Gasteiger partial charge on any atom is 0.293 e. The summed E-state index contributed by atoms with van der Waals surface area (Å²) in [6, 6.07) is 1.97. The molecule has 0 spiro atoms. The zero-order valence-electron chi connectivity index (χ0n) is 14.6. The van der Waals surface area contributed by atoms with Crippen molar-refractivity contribution in [3.8, 4) is 11.5 Å². The summed E-state index contributed by atoms with van der Waals surface area (Å²) in [6.07, 6.45) is 2.12. The maximum absolute atomic E-state index is 12.7. The third-order valence-electron chi connectivity index (χ3n) is 3.85. The van der Waals surface area contributed by atoms with Gasteiger partial charge < -0.3 is 9.47 Å². The molecule has 25 heavy (non-hydrogen) atoms. The smallest absolute Gasteiger partial charge is 0.293 e. The molecule has 140 valence electrons. The number of nitrogens with zero attached hydrogens (tertiary/aromatic N) is 1. The van der Waals surface area contributed by atoms with Gasteiger partial charge in [-0.15, -0.1) is 0 Å². The number of nitrogens with one attached hydrogen (secondary N) is 1. The largest absolute Gasteiger partial charge is 0.490 e. The second-order valence-electron chi connectivity index (χ2n) is 6.57. The number of hydrogen-bond acceptors (Lipinski definition) is 6. The zero-order chi connectivity index (χ0) is 18.6. The molecule has 1 aliphatic rings. The minimum absolute atomic E-state index is 0.191. The Hall–Kier alpha value is -1.87. The summed E-state index contributed by atoms with van der Waals surface area (Å²) >= 11 is 0. The Morgan fingerprint density at radius 2 is 1.76 bits per heavy atom. The lowest BCUT2D eigenvalue weighted by Gasteiger charge is -2.16. The van der Waals surface area contributed by atoms with E-state index in [1.807, 2.05) is 0 Å². The van der Waals surface area contributed by atoms with Crippen molar-refractivity contribution in [1.82, 2.24) is 4.72 Å². The first-order chi connectivity index (χ1) is 11.7. The molecule has 1 heterocycles. The van der Waals surface area contributed by atoms with Gasteiger partial charge in [0.05, 0.1) is 24.2 Å². The molecular formula is C16H24N2O6S. The highest BCUT2D eigenvalue weighted by atomic mass is 32.2. The Labute approximate surface area is 147 Å². The molecule has 1 N–H and O–H groups in total. The zero-order valence-corrected chi connectivity index (χ0v) is 15.5. The molecule has 1 aromatic rings. The van der Waals surface area contributed by atoms with Crippen LogP contribution in [-0.4, -0.2) is 32.6 Å². The predicted molar refractivity (Wildman–Crippen MR) is 92.6 cm³/mol. The molecule has 0 saturated heterocycles. The lowest BCUT2D eigenvalue weighted by Crippen LogP contribution is -2.33. The summed E-state index contributed by atoms with van der Waals surface area (Å²) in [4.78, 5) is 10.2. The van der Waals surface area contributed by atoms with Crippen molar-refractivity contribution in [3.63, 3.8) is 0 Å². The molecule has 0 saturated carbocycles. The van der Waals surface area contributed by atoms with Crippen molar-refractivity contribution >= 4 is 15.7 Å². The third kappa shape index (κ3) is 5.05. The SMILES string of the molecule is CC(C)CC[C@@H](C)NS(=O)(=O)c1cc2c(cc1[N+](=O)[O-])OCCCO2. The van der Waals surface area contributed by atoms with Crippen LogP contribution in [0.15, 0.2) is 17.0 Å². The highest BCUT2D eigenvalue weighted by molar-refractivity contribution is 7.89. The van der Waals surface area contributed by atoms with Gasteiger partial charge in [0.25, 0.3) is 5.69 Å². The van der Waals surface area contributed by atoms with Gasteiger partial charge in [-0.05, 0) is 25.7 Å². The normalized spacial score (nSPS) is 15.7. The number of rotatable bonds is 7. The van der Waals surface area contributed by atoms with Crippen LogP contribution >= 0.6 is 0 Å². The van der Waals surface area contributed by atoms with Gasteiger partial charge in [0.2, 0.25) is 10.0 Å². The van der Waals surface area contributed by atoms with E-state index in [9.17, 15) is 18.5 Å². The Morgan fingerprint density at radius 3 is 2.32 bits per heavy atom. The van der Waals surface area contributed by atoms with Crippen molar-refractivity contribution in [3.05, 3.63) is 22.2 Å². The van der Waals surface area contributed by atoms with E-state index < -0.39 is 25.5 Å². The minimum atomic E-state index is -4.06. The molecule has 1 atom stereocenters. The van der Waals surface area contributed by atoms with Gasteiger partial charge in [-0.3, -0.25) is 10.1 Å². The summed E-state index contributed by atoms with van der Waals surface area (Å²) in [6.45, 7) is 6.57. The Kier molecular flexibility index (Phi) is 6.23. The number of sulfonamides is 1. The molecular weight excluding hydrogens is 348 g/mol. The Bertz CT molecular complexity index is 732. The van der Waals surface area contributed by atoms with E-state index in [2.05, 4.69) is 18.6 Å². The van der Waals surface area contributed by atoms with Gasteiger partial charge in [0.1, 0.15) is 0 Å². The van der Waals surface area contributed by atoms with E-state index in [1.165, 1.54) is 6.07 Å². The summed E-state index contributed by atoms with van der Waals surface area (Å²) in [5.74, 6) is 0.841. The molecule has 0 aromatic heterocycles. The van der Waals surface area contributed by atoms with Crippen LogP contribution in [0.3, 0.4) is 0 Å². The fraction of sp³-hybridized carbons (Fsp3) is 0.625. The predicted octanol–water partition coefficient (Wildman–Crippen LogP) is 2.86. The number of fused-ring (bicyclic) bond motifs is 1. The monoisotopic (exact) mass is 372 g/mol. The van der Waals surface area contributed by atoms with Crippen LogP contribution in [0.1, 0.15) is 40.0 Å². The van der Waals surface area contributed by atoms with E-state index in [1.54, 1.807) is 6.92 Å². The topological polar surface area (TPSA) is 108 Å². The van der Waals surface area contributed by atoms with Crippen LogP contribution < -0.4 is 14.2 Å². The van der Waals surface area contributed by atoms with Gasteiger partial charge in [-0.25, -0.2) is 13.1 Å². The first-order valence-electron chi connectivity index (χ1n) is 8.31. The first kappa shape index (κ1) is 19.5. The van der Waals surface area contributed by atoms with Gasteiger partial charge in [-0.1, -0.05) is 13.8 Å². The van der Waals surface area contributed by atoms with E-state index >= 15 is 0 Å². The first-order valence-corrected chi connectivity index (χ1v) is 9.79. The molecule has 0 bridgehead atoms.